The van der Waals surface area contributed by atoms with Crippen molar-refractivity contribution in [2.24, 2.45) is 0 Å². The number of hydrogen-bond acceptors (Lipinski definition) is 7. The number of aromatic nitrogens is 3. The van der Waals surface area contributed by atoms with E-state index in [1.54, 1.807) is 17.4 Å². The smallest absolute Gasteiger partial charge is 0.250 e. The first kappa shape index (κ1) is 14.8. The molecule has 2 aromatic heterocycles. The minimum Gasteiger partial charge on any atom is -0.469 e. The standard InChI is InChI=1S/C15H17FN4O2S/c1-9-18-19-15(23-9)20-7-8-21-13-11(20)4-5-12(13)22-14-10(16)3-2-6-17-14/h2-3,6,11-13H,4-5,7-8H2,1H3/t11-,12+,13+/m1/s1. The van der Waals surface area contributed by atoms with E-state index in [-0.39, 0.29) is 24.1 Å². The highest BCUT2D eigenvalue weighted by atomic mass is 32.1. The minimum absolute atomic E-state index is 0.0469. The van der Waals surface area contributed by atoms with E-state index in [0.29, 0.717) is 6.61 Å². The first-order valence-electron chi connectivity index (χ1n) is 7.68. The van der Waals surface area contributed by atoms with E-state index in [4.69, 9.17) is 9.47 Å². The number of ether oxygens (including phenoxy) is 2. The van der Waals surface area contributed by atoms with Crippen LogP contribution in [0.3, 0.4) is 0 Å². The number of aryl methyl sites for hydroxylation is 1. The molecule has 0 unspecified atom stereocenters. The van der Waals surface area contributed by atoms with E-state index in [2.05, 4.69) is 20.1 Å². The summed E-state index contributed by atoms with van der Waals surface area (Å²) in [6.45, 7) is 3.34. The fourth-order valence-corrected chi connectivity index (χ4v) is 4.05. The fraction of sp³-hybridized carbons (Fsp3) is 0.533. The molecule has 2 aliphatic rings. The Morgan fingerprint density at radius 2 is 2.30 bits per heavy atom. The molecule has 3 atom stereocenters. The highest BCUT2D eigenvalue weighted by molar-refractivity contribution is 7.15. The van der Waals surface area contributed by atoms with Crippen LogP contribution in [-0.2, 0) is 4.74 Å². The summed E-state index contributed by atoms with van der Waals surface area (Å²) in [6.07, 6.45) is 2.96. The van der Waals surface area contributed by atoms with E-state index in [9.17, 15) is 4.39 Å². The molecular formula is C15H17FN4O2S. The van der Waals surface area contributed by atoms with Crippen molar-refractivity contribution in [2.75, 3.05) is 18.1 Å². The second kappa shape index (κ2) is 6.01. The summed E-state index contributed by atoms with van der Waals surface area (Å²) in [4.78, 5) is 6.22. The van der Waals surface area contributed by atoms with E-state index < -0.39 is 5.82 Å². The summed E-state index contributed by atoms with van der Waals surface area (Å²) in [5.74, 6) is -0.394. The van der Waals surface area contributed by atoms with E-state index >= 15 is 0 Å². The van der Waals surface area contributed by atoms with Gasteiger partial charge < -0.3 is 14.4 Å². The van der Waals surface area contributed by atoms with Gasteiger partial charge in [-0.3, -0.25) is 0 Å². The van der Waals surface area contributed by atoms with Gasteiger partial charge in [0.15, 0.2) is 5.82 Å². The first-order valence-corrected chi connectivity index (χ1v) is 8.49. The van der Waals surface area contributed by atoms with Crippen LogP contribution in [0.4, 0.5) is 9.52 Å². The van der Waals surface area contributed by atoms with Gasteiger partial charge >= 0.3 is 0 Å². The summed E-state index contributed by atoms with van der Waals surface area (Å²) in [5, 5.41) is 10.2. The van der Waals surface area contributed by atoms with E-state index in [1.807, 2.05) is 6.92 Å². The molecule has 6 nitrogen and oxygen atoms in total. The average Bonchev–Trinajstić information content (AvgIpc) is 3.16. The van der Waals surface area contributed by atoms with Crippen LogP contribution in [0.5, 0.6) is 5.88 Å². The van der Waals surface area contributed by atoms with Crippen LogP contribution >= 0.6 is 11.3 Å². The summed E-state index contributed by atoms with van der Waals surface area (Å²) >= 11 is 1.59. The van der Waals surface area contributed by atoms with E-state index in [0.717, 1.165) is 29.5 Å². The van der Waals surface area contributed by atoms with Gasteiger partial charge in [0.1, 0.15) is 17.2 Å². The Bertz CT molecular complexity index is 698. The van der Waals surface area contributed by atoms with Gasteiger partial charge in [0.2, 0.25) is 5.13 Å². The molecular weight excluding hydrogens is 319 g/mol. The molecule has 1 saturated heterocycles. The highest BCUT2D eigenvalue weighted by Gasteiger charge is 2.45. The second-order valence-corrected chi connectivity index (χ2v) is 6.88. The van der Waals surface area contributed by atoms with Crippen molar-refractivity contribution < 1.29 is 13.9 Å². The number of hydrogen-bond donors (Lipinski definition) is 0. The van der Waals surface area contributed by atoms with Crippen molar-refractivity contribution in [2.45, 2.75) is 38.0 Å². The fourth-order valence-electron chi connectivity index (χ4n) is 3.28. The number of halogens is 1. The van der Waals surface area contributed by atoms with Crippen LogP contribution in [0.1, 0.15) is 17.8 Å². The van der Waals surface area contributed by atoms with Crippen molar-refractivity contribution in [3.05, 3.63) is 29.2 Å². The third-order valence-corrected chi connectivity index (χ3v) is 5.16. The molecule has 0 N–H and O–H groups in total. The Hall–Kier alpha value is -1.80. The Kier molecular flexibility index (Phi) is 3.86. The van der Waals surface area contributed by atoms with Gasteiger partial charge in [-0.1, -0.05) is 11.3 Å². The molecule has 23 heavy (non-hydrogen) atoms. The average molecular weight is 336 g/mol. The molecule has 2 fully saturated rings. The van der Waals surface area contributed by atoms with Gasteiger partial charge in [0.05, 0.1) is 12.6 Å². The van der Waals surface area contributed by atoms with Gasteiger partial charge in [-0.25, -0.2) is 9.37 Å². The largest absolute Gasteiger partial charge is 0.469 e. The van der Waals surface area contributed by atoms with E-state index in [1.165, 1.54) is 12.3 Å². The quantitative estimate of drug-likeness (QED) is 0.856. The van der Waals surface area contributed by atoms with Gasteiger partial charge in [0.25, 0.3) is 5.88 Å². The van der Waals surface area contributed by atoms with Crippen molar-refractivity contribution in [1.82, 2.24) is 15.2 Å². The molecule has 8 heteroatoms. The number of pyridine rings is 1. The topological polar surface area (TPSA) is 60.4 Å². The molecule has 4 rings (SSSR count). The normalized spacial score (nSPS) is 27.0. The summed E-state index contributed by atoms with van der Waals surface area (Å²) in [6, 6.07) is 3.09. The van der Waals surface area contributed by atoms with Crippen LogP contribution in [0.25, 0.3) is 0 Å². The third kappa shape index (κ3) is 2.76. The molecule has 3 heterocycles. The van der Waals surface area contributed by atoms with Crippen LogP contribution in [0, 0.1) is 12.7 Å². The molecule has 0 aromatic carbocycles. The maximum absolute atomic E-state index is 13.8. The summed E-state index contributed by atoms with van der Waals surface area (Å²) in [7, 11) is 0. The molecule has 0 bridgehead atoms. The Labute approximate surface area is 137 Å². The van der Waals surface area contributed by atoms with Crippen molar-refractivity contribution >= 4 is 16.5 Å². The maximum Gasteiger partial charge on any atom is 0.250 e. The summed E-state index contributed by atoms with van der Waals surface area (Å²) in [5.41, 5.74) is 0. The van der Waals surface area contributed by atoms with Crippen LogP contribution in [-0.4, -0.2) is 46.6 Å². The molecule has 122 valence electrons. The lowest BCUT2D eigenvalue weighted by Gasteiger charge is -2.38. The van der Waals surface area contributed by atoms with Gasteiger partial charge in [-0.05, 0) is 31.9 Å². The van der Waals surface area contributed by atoms with Crippen molar-refractivity contribution in [3.63, 3.8) is 0 Å². The third-order valence-electron chi connectivity index (χ3n) is 4.28. The molecule has 0 radical (unpaired) electrons. The molecule has 1 aliphatic carbocycles. The number of nitrogens with zero attached hydrogens (tertiary/aromatic N) is 4. The zero-order valence-corrected chi connectivity index (χ0v) is 13.5. The van der Waals surface area contributed by atoms with Crippen LogP contribution in [0.2, 0.25) is 0 Å². The zero-order chi connectivity index (χ0) is 15.8. The molecule has 1 aliphatic heterocycles. The molecule has 0 spiro atoms. The predicted octanol–water partition coefficient (Wildman–Crippen LogP) is 2.20. The van der Waals surface area contributed by atoms with Crippen molar-refractivity contribution in [1.29, 1.82) is 0 Å². The number of rotatable bonds is 3. The second-order valence-electron chi connectivity index (χ2n) is 5.72. The first-order chi connectivity index (χ1) is 11.2. The number of anilines is 1. The van der Waals surface area contributed by atoms with Gasteiger partial charge in [0, 0.05) is 12.7 Å². The SMILES string of the molecule is Cc1nnc(N2CCO[C@@H]3[C@@H](Oc4ncccc4F)CC[C@H]32)s1. The molecule has 2 aromatic rings. The Balaban J connectivity index is 1.52. The van der Waals surface area contributed by atoms with Crippen molar-refractivity contribution in [3.8, 4) is 5.88 Å². The Morgan fingerprint density at radius 1 is 1.39 bits per heavy atom. The maximum atomic E-state index is 13.8. The number of fused-ring (bicyclic) bond motifs is 1. The predicted molar refractivity (Wildman–Crippen MR) is 83.4 cm³/mol. The van der Waals surface area contributed by atoms with Crippen LogP contribution < -0.4 is 9.64 Å². The highest BCUT2D eigenvalue weighted by Crippen LogP contribution is 2.36. The van der Waals surface area contributed by atoms with Gasteiger partial charge in [-0.2, -0.15) is 0 Å². The lowest BCUT2D eigenvalue weighted by Crippen LogP contribution is -2.52. The summed E-state index contributed by atoms with van der Waals surface area (Å²) < 4.78 is 25.5. The lowest BCUT2D eigenvalue weighted by molar-refractivity contribution is -0.0329. The lowest BCUT2D eigenvalue weighted by atomic mass is 10.1. The molecule has 1 saturated carbocycles. The zero-order valence-electron chi connectivity index (χ0n) is 12.7. The van der Waals surface area contributed by atoms with Gasteiger partial charge in [-0.15, -0.1) is 10.2 Å². The Morgan fingerprint density at radius 3 is 3.09 bits per heavy atom. The molecule has 0 amide bonds. The number of morpholine rings is 1. The minimum atomic E-state index is -0.441. The monoisotopic (exact) mass is 336 g/mol. The van der Waals surface area contributed by atoms with Crippen LogP contribution in [0.15, 0.2) is 18.3 Å².